The number of hydrogen-bond acceptors (Lipinski definition) is 6. The third-order valence-electron chi connectivity index (χ3n) is 3.88. The van der Waals surface area contributed by atoms with Crippen LogP contribution in [0.1, 0.15) is 12.8 Å². The quantitative estimate of drug-likeness (QED) is 0.286. The molecule has 1 aliphatic carbocycles. The molecular weight excluding hydrogens is 304 g/mol. The van der Waals surface area contributed by atoms with E-state index in [4.69, 9.17) is 9.47 Å². The molecule has 1 heterocycles. The fraction of sp³-hybridized carbons (Fsp3) is 0.600. The molecule has 0 aromatic carbocycles. The first-order valence-corrected chi connectivity index (χ1v) is 7.46. The van der Waals surface area contributed by atoms with E-state index in [1.54, 1.807) is 0 Å². The lowest BCUT2D eigenvalue weighted by atomic mass is 9.85. The van der Waals surface area contributed by atoms with E-state index in [1.807, 2.05) is 12.2 Å². The van der Waals surface area contributed by atoms with Crippen molar-refractivity contribution in [2.75, 3.05) is 33.4 Å². The minimum atomic E-state index is -0.778. The summed E-state index contributed by atoms with van der Waals surface area (Å²) in [6.45, 7) is -0.233. The number of carbonyl (C=O) groups is 4. The Balaban J connectivity index is 1.78. The zero-order chi connectivity index (χ0) is 16.8. The Morgan fingerprint density at radius 3 is 2.39 bits per heavy atom. The largest absolute Gasteiger partial charge is 0.454 e. The van der Waals surface area contributed by atoms with Crippen molar-refractivity contribution in [3.8, 4) is 0 Å². The van der Waals surface area contributed by atoms with Crippen molar-refractivity contribution in [3.05, 3.63) is 12.2 Å². The van der Waals surface area contributed by atoms with Crippen molar-refractivity contribution in [3.63, 3.8) is 0 Å². The molecule has 1 fully saturated rings. The Labute approximate surface area is 133 Å². The van der Waals surface area contributed by atoms with Gasteiger partial charge in [-0.15, -0.1) is 0 Å². The molecule has 1 N–H and O–H groups in total. The maximum atomic E-state index is 12.2. The first-order valence-electron chi connectivity index (χ1n) is 7.46. The molecular formula is C15H20N2O6. The van der Waals surface area contributed by atoms with E-state index in [1.165, 1.54) is 7.11 Å². The summed E-state index contributed by atoms with van der Waals surface area (Å²) in [6, 6.07) is 0. The van der Waals surface area contributed by atoms with Crippen molar-refractivity contribution in [2.45, 2.75) is 12.8 Å². The van der Waals surface area contributed by atoms with Crippen LogP contribution in [-0.4, -0.2) is 62.0 Å². The van der Waals surface area contributed by atoms with E-state index in [2.05, 4.69) is 5.32 Å². The number of allylic oxidation sites excluding steroid dienone is 2. The van der Waals surface area contributed by atoms with Gasteiger partial charge in [-0.25, -0.2) is 0 Å². The maximum Gasteiger partial charge on any atom is 0.326 e. The van der Waals surface area contributed by atoms with Crippen LogP contribution in [-0.2, 0) is 28.7 Å². The molecule has 2 rings (SSSR count). The maximum absolute atomic E-state index is 12.2. The molecule has 8 heteroatoms. The molecule has 0 spiro atoms. The third kappa shape index (κ3) is 4.16. The molecule has 126 valence electrons. The van der Waals surface area contributed by atoms with E-state index < -0.39 is 25.0 Å². The molecule has 0 radical (unpaired) electrons. The van der Waals surface area contributed by atoms with Crippen LogP contribution in [0, 0.1) is 11.8 Å². The number of imide groups is 1. The van der Waals surface area contributed by atoms with E-state index in [0.717, 1.165) is 4.90 Å². The van der Waals surface area contributed by atoms with Gasteiger partial charge in [0.05, 0.1) is 18.4 Å². The summed E-state index contributed by atoms with van der Waals surface area (Å²) >= 11 is 0. The number of ether oxygens (including phenoxy) is 2. The highest BCUT2D eigenvalue weighted by Crippen LogP contribution is 2.34. The minimum absolute atomic E-state index is 0.312. The Kier molecular flexibility index (Phi) is 5.86. The van der Waals surface area contributed by atoms with Crippen molar-refractivity contribution >= 4 is 23.7 Å². The average molecular weight is 324 g/mol. The number of esters is 1. The second-order valence-electron chi connectivity index (χ2n) is 5.42. The van der Waals surface area contributed by atoms with Gasteiger partial charge in [0.1, 0.15) is 6.54 Å². The van der Waals surface area contributed by atoms with Crippen LogP contribution >= 0.6 is 0 Å². The van der Waals surface area contributed by atoms with Crippen molar-refractivity contribution in [1.29, 1.82) is 0 Å². The standard InChI is InChI=1S/C15H20N2O6/c1-22-7-6-16-12(18)9-23-13(19)8-17-14(20)10-4-2-3-5-11(10)15(17)21/h2-3,10-11H,4-9H2,1H3,(H,16,18)/t10-,11+. The first-order chi connectivity index (χ1) is 11.0. The van der Waals surface area contributed by atoms with Crippen LogP contribution in [0.25, 0.3) is 0 Å². The molecule has 8 nitrogen and oxygen atoms in total. The van der Waals surface area contributed by atoms with Crippen LogP contribution in [0.2, 0.25) is 0 Å². The third-order valence-corrected chi connectivity index (χ3v) is 3.88. The Bertz CT molecular complexity index is 504. The van der Waals surface area contributed by atoms with Crippen LogP contribution in [0.15, 0.2) is 12.2 Å². The molecule has 0 bridgehead atoms. The lowest BCUT2D eigenvalue weighted by Crippen LogP contribution is -2.38. The highest BCUT2D eigenvalue weighted by atomic mass is 16.5. The van der Waals surface area contributed by atoms with Crippen LogP contribution in [0.4, 0.5) is 0 Å². The zero-order valence-electron chi connectivity index (χ0n) is 12.9. The minimum Gasteiger partial charge on any atom is -0.454 e. The average Bonchev–Trinajstić information content (AvgIpc) is 2.79. The molecule has 0 unspecified atom stereocenters. The number of nitrogens with one attached hydrogen (secondary N) is 1. The fourth-order valence-electron chi connectivity index (χ4n) is 2.69. The molecule has 0 aromatic rings. The monoisotopic (exact) mass is 324 g/mol. The Morgan fingerprint density at radius 2 is 1.83 bits per heavy atom. The summed E-state index contributed by atoms with van der Waals surface area (Å²) in [4.78, 5) is 48.4. The summed E-state index contributed by atoms with van der Waals surface area (Å²) in [7, 11) is 1.50. The summed E-state index contributed by atoms with van der Waals surface area (Å²) < 4.78 is 9.56. The lowest BCUT2D eigenvalue weighted by molar-refractivity contribution is -0.154. The molecule has 0 aromatic heterocycles. The fourth-order valence-corrected chi connectivity index (χ4v) is 2.69. The number of carbonyl (C=O) groups excluding carboxylic acids is 4. The summed E-state index contributed by atoms with van der Waals surface area (Å²) in [5, 5.41) is 2.49. The summed E-state index contributed by atoms with van der Waals surface area (Å²) in [5.74, 6) is -2.68. The van der Waals surface area contributed by atoms with Crippen molar-refractivity contribution in [2.24, 2.45) is 11.8 Å². The van der Waals surface area contributed by atoms with Gasteiger partial charge in [0.15, 0.2) is 6.61 Å². The molecule has 1 aliphatic heterocycles. The molecule has 3 amide bonds. The number of rotatable bonds is 7. The van der Waals surface area contributed by atoms with E-state index in [0.29, 0.717) is 26.0 Å². The normalized spacial score (nSPS) is 22.9. The Morgan fingerprint density at radius 1 is 1.22 bits per heavy atom. The number of hydrogen-bond donors (Lipinski definition) is 1. The van der Waals surface area contributed by atoms with Gasteiger partial charge < -0.3 is 14.8 Å². The number of fused-ring (bicyclic) bond motifs is 1. The highest BCUT2D eigenvalue weighted by molar-refractivity contribution is 6.07. The predicted molar refractivity (Wildman–Crippen MR) is 77.9 cm³/mol. The number of likely N-dealkylation sites (tertiary alicyclic amines) is 1. The number of methoxy groups -OCH3 is 1. The van der Waals surface area contributed by atoms with Crippen LogP contribution in [0.5, 0.6) is 0 Å². The molecule has 0 saturated carbocycles. The number of nitrogens with zero attached hydrogens (tertiary/aromatic N) is 1. The van der Waals surface area contributed by atoms with E-state index in [9.17, 15) is 19.2 Å². The van der Waals surface area contributed by atoms with Gasteiger partial charge in [-0.05, 0) is 12.8 Å². The molecule has 2 aliphatic rings. The summed E-state index contributed by atoms with van der Waals surface area (Å²) in [6.07, 6.45) is 4.78. The Hall–Kier alpha value is -2.22. The van der Waals surface area contributed by atoms with Gasteiger partial charge in [-0.2, -0.15) is 0 Å². The van der Waals surface area contributed by atoms with Gasteiger partial charge in [0.25, 0.3) is 5.91 Å². The van der Waals surface area contributed by atoms with Crippen LogP contribution < -0.4 is 5.32 Å². The topological polar surface area (TPSA) is 102 Å². The molecule has 1 saturated heterocycles. The van der Waals surface area contributed by atoms with Crippen molar-refractivity contribution in [1.82, 2.24) is 10.2 Å². The van der Waals surface area contributed by atoms with Gasteiger partial charge >= 0.3 is 5.97 Å². The highest BCUT2D eigenvalue weighted by Gasteiger charge is 2.47. The van der Waals surface area contributed by atoms with Gasteiger partial charge in [0.2, 0.25) is 11.8 Å². The van der Waals surface area contributed by atoms with Crippen LogP contribution in [0.3, 0.4) is 0 Å². The van der Waals surface area contributed by atoms with Gasteiger partial charge in [-0.1, -0.05) is 12.2 Å². The summed E-state index contributed by atoms with van der Waals surface area (Å²) in [5.41, 5.74) is 0. The SMILES string of the molecule is COCCNC(=O)COC(=O)CN1C(=O)[C@H]2CC=CC[C@H]2C1=O. The van der Waals surface area contributed by atoms with Crippen molar-refractivity contribution < 1.29 is 28.7 Å². The van der Waals surface area contributed by atoms with Gasteiger partial charge in [-0.3, -0.25) is 24.1 Å². The number of amides is 3. The molecule has 2 atom stereocenters. The van der Waals surface area contributed by atoms with Gasteiger partial charge in [0, 0.05) is 13.7 Å². The smallest absolute Gasteiger partial charge is 0.326 e. The second-order valence-corrected chi connectivity index (χ2v) is 5.42. The zero-order valence-corrected chi connectivity index (χ0v) is 12.9. The van der Waals surface area contributed by atoms with E-state index in [-0.39, 0.29) is 23.7 Å². The lowest BCUT2D eigenvalue weighted by Gasteiger charge is -2.14. The second kappa shape index (κ2) is 7.87. The first kappa shape index (κ1) is 17.1. The predicted octanol–water partition coefficient (Wildman–Crippen LogP) is -0.757. The molecule has 23 heavy (non-hydrogen) atoms. The van der Waals surface area contributed by atoms with E-state index >= 15 is 0 Å².